The molecular formula is C19H18O3. The van der Waals surface area contributed by atoms with E-state index in [1.165, 1.54) is 0 Å². The average molecular weight is 294 g/mol. The second kappa shape index (κ2) is 6.06. The Labute approximate surface area is 130 Å². The van der Waals surface area contributed by atoms with Gasteiger partial charge in [0.15, 0.2) is 0 Å². The highest BCUT2D eigenvalue weighted by Gasteiger charge is 2.29. The molecule has 0 radical (unpaired) electrons. The molecule has 0 amide bonds. The molecule has 22 heavy (non-hydrogen) atoms. The lowest BCUT2D eigenvalue weighted by atomic mass is 9.98. The van der Waals surface area contributed by atoms with Crippen LogP contribution in [0.4, 0.5) is 0 Å². The van der Waals surface area contributed by atoms with Gasteiger partial charge in [-0.05, 0) is 35.7 Å². The van der Waals surface area contributed by atoms with Gasteiger partial charge in [0.05, 0.1) is 20.1 Å². The van der Waals surface area contributed by atoms with E-state index in [0.717, 1.165) is 46.5 Å². The largest absolute Gasteiger partial charge is 0.497 e. The first-order valence-corrected chi connectivity index (χ1v) is 7.22. The van der Waals surface area contributed by atoms with Gasteiger partial charge in [0.1, 0.15) is 17.8 Å². The Morgan fingerprint density at radius 2 is 1.82 bits per heavy atom. The highest BCUT2D eigenvalue weighted by Crippen LogP contribution is 2.41. The molecule has 0 saturated heterocycles. The van der Waals surface area contributed by atoms with E-state index < -0.39 is 0 Å². The Morgan fingerprint density at radius 3 is 2.45 bits per heavy atom. The van der Waals surface area contributed by atoms with Crippen molar-refractivity contribution in [1.29, 1.82) is 0 Å². The van der Waals surface area contributed by atoms with Crippen molar-refractivity contribution in [1.82, 2.24) is 0 Å². The van der Waals surface area contributed by atoms with E-state index in [1.54, 1.807) is 14.2 Å². The van der Waals surface area contributed by atoms with Gasteiger partial charge in [-0.3, -0.25) is 0 Å². The van der Waals surface area contributed by atoms with Crippen molar-refractivity contribution in [2.24, 2.45) is 0 Å². The summed E-state index contributed by atoms with van der Waals surface area (Å²) >= 11 is 0. The minimum absolute atomic E-state index is 0.188. The van der Waals surface area contributed by atoms with Gasteiger partial charge in [0.2, 0.25) is 0 Å². The molecule has 0 bridgehead atoms. The van der Waals surface area contributed by atoms with Gasteiger partial charge in [-0.2, -0.15) is 0 Å². The molecule has 2 aromatic rings. The summed E-state index contributed by atoms with van der Waals surface area (Å²) in [5.74, 6) is 1.49. The number of allylic oxidation sites excluding steroid dienone is 1. The van der Waals surface area contributed by atoms with E-state index in [4.69, 9.17) is 9.47 Å². The number of rotatable bonds is 4. The number of methoxy groups -OCH3 is 2. The number of ether oxygens (including phenoxy) is 2. The third kappa shape index (κ3) is 2.50. The third-order valence-electron chi connectivity index (χ3n) is 4.11. The summed E-state index contributed by atoms with van der Waals surface area (Å²) in [6.07, 6.45) is 3.84. The van der Waals surface area contributed by atoms with Crippen LogP contribution in [-0.4, -0.2) is 20.5 Å². The number of carbonyl (C=O) groups is 1. The van der Waals surface area contributed by atoms with E-state index in [1.807, 2.05) is 42.5 Å². The molecule has 1 aliphatic rings. The minimum atomic E-state index is -0.188. The van der Waals surface area contributed by atoms with Gasteiger partial charge < -0.3 is 14.3 Å². The summed E-state index contributed by atoms with van der Waals surface area (Å²) in [5.41, 5.74) is 4.32. The van der Waals surface area contributed by atoms with Crippen molar-refractivity contribution in [2.45, 2.75) is 12.3 Å². The molecule has 0 heterocycles. The summed E-state index contributed by atoms with van der Waals surface area (Å²) in [6, 6.07) is 13.7. The van der Waals surface area contributed by atoms with Crippen molar-refractivity contribution >= 4 is 12.4 Å². The lowest BCUT2D eigenvalue weighted by Gasteiger charge is -2.07. The Kier molecular flexibility index (Phi) is 3.96. The van der Waals surface area contributed by atoms with Crippen molar-refractivity contribution in [2.75, 3.05) is 14.2 Å². The van der Waals surface area contributed by atoms with Crippen LogP contribution in [0, 0.1) is 0 Å². The van der Waals surface area contributed by atoms with E-state index in [9.17, 15) is 4.79 Å². The molecular weight excluding hydrogens is 276 g/mol. The quantitative estimate of drug-likeness (QED) is 0.808. The van der Waals surface area contributed by atoms with E-state index >= 15 is 0 Å². The molecule has 1 unspecified atom stereocenters. The molecule has 0 N–H and O–H groups in total. The number of carbonyl (C=O) groups excluding carboxylic acids is 1. The summed E-state index contributed by atoms with van der Waals surface area (Å²) in [7, 11) is 3.31. The predicted octanol–water partition coefficient (Wildman–Crippen LogP) is 3.63. The van der Waals surface area contributed by atoms with Crippen LogP contribution in [0.3, 0.4) is 0 Å². The molecule has 1 aliphatic carbocycles. The highest BCUT2D eigenvalue weighted by atomic mass is 16.5. The normalized spacial score (nSPS) is 18.1. The van der Waals surface area contributed by atoms with Crippen LogP contribution >= 0.6 is 0 Å². The monoisotopic (exact) mass is 294 g/mol. The summed E-state index contributed by atoms with van der Waals surface area (Å²) < 4.78 is 10.6. The standard InChI is InChI=1S/C19H18O3/c1-21-15-8-6-13(7-9-15)10-14-11-17-16(18(14)12-20)4-3-5-19(17)22-2/h3-10,12,18H,11H2,1-2H3/b14-10+. The number of hydrogen-bond donors (Lipinski definition) is 0. The first kappa shape index (κ1) is 14.4. The number of hydrogen-bond acceptors (Lipinski definition) is 3. The van der Waals surface area contributed by atoms with Crippen LogP contribution in [0.1, 0.15) is 22.6 Å². The number of benzene rings is 2. The fourth-order valence-corrected chi connectivity index (χ4v) is 2.98. The Morgan fingerprint density at radius 1 is 1.05 bits per heavy atom. The van der Waals surface area contributed by atoms with Crippen LogP contribution in [-0.2, 0) is 11.2 Å². The summed E-state index contributed by atoms with van der Waals surface area (Å²) in [4.78, 5) is 11.6. The summed E-state index contributed by atoms with van der Waals surface area (Å²) in [5, 5.41) is 0. The molecule has 3 nitrogen and oxygen atoms in total. The maximum Gasteiger partial charge on any atom is 0.131 e. The van der Waals surface area contributed by atoms with Crippen LogP contribution in [0.5, 0.6) is 11.5 Å². The second-order valence-corrected chi connectivity index (χ2v) is 5.31. The Balaban J connectivity index is 1.98. The average Bonchev–Trinajstić information content (AvgIpc) is 2.92. The molecule has 2 aromatic carbocycles. The molecule has 0 fully saturated rings. The minimum Gasteiger partial charge on any atom is -0.497 e. The zero-order valence-corrected chi connectivity index (χ0v) is 12.7. The van der Waals surface area contributed by atoms with Gasteiger partial charge in [-0.25, -0.2) is 0 Å². The van der Waals surface area contributed by atoms with Crippen molar-refractivity contribution in [3.8, 4) is 11.5 Å². The first-order valence-electron chi connectivity index (χ1n) is 7.22. The maximum absolute atomic E-state index is 11.6. The molecule has 0 saturated carbocycles. The van der Waals surface area contributed by atoms with Gasteiger partial charge in [-0.15, -0.1) is 0 Å². The van der Waals surface area contributed by atoms with Crippen LogP contribution < -0.4 is 9.47 Å². The molecule has 3 heteroatoms. The lowest BCUT2D eigenvalue weighted by Crippen LogP contribution is -1.97. The SMILES string of the molecule is COc1ccc(/C=C2\Cc3c(OC)cccc3C2C=O)cc1. The summed E-state index contributed by atoms with van der Waals surface area (Å²) in [6.45, 7) is 0. The van der Waals surface area contributed by atoms with E-state index in [0.29, 0.717) is 0 Å². The fourth-order valence-electron chi connectivity index (χ4n) is 2.98. The molecule has 0 aromatic heterocycles. The van der Waals surface area contributed by atoms with Gasteiger partial charge in [-0.1, -0.05) is 35.9 Å². The third-order valence-corrected chi connectivity index (χ3v) is 4.11. The highest BCUT2D eigenvalue weighted by molar-refractivity contribution is 5.77. The number of fused-ring (bicyclic) bond motifs is 1. The van der Waals surface area contributed by atoms with Crippen molar-refractivity contribution in [3.63, 3.8) is 0 Å². The Bertz CT molecular complexity index is 714. The second-order valence-electron chi connectivity index (χ2n) is 5.31. The van der Waals surface area contributed by atoms with Crippen molar-refractivity contribution < 1.29 is 14.3 Å². The molecule has 1 atom stereocenters. The van der Waals surface area contributed by atoms with Gasteiger partial charge >= 0.3 is 0 Å². The van der Waals surface area contributed by atoms with Crippen LogP contribution in [0.2, 0.25) is 0 Å². The van der Waals surface area contributed by atoms with Crippen molar-refractivity contribution in [3.05, 3.63) is 64.7 Å². The molecule has 3 rings (SSSR count). The number of aldehydes is 1. The topological polar surface area (TPSA) is 35.5 Å². The van der Waals surface area contributed by atoms with Crippen LogP contribution in [0.25, 0.3) is 6.08 Å². The zero-order chi connectivity index (χ0) is 15.5. The lowest BCUT2D eigenvalue weighted by molar-refractivity contribution is -0.108. The zero-order valence-electron chi connectivity index (χ0n) is 12.7. The smallest absolute Gasteiger partial charge is 0.131 e. The van der Waals surface area contributed by atoms with E-state index in [-0.39, 0.29) is 5.92 Å². The van der Waals surface area contributed by atoms with E-state index in [2.05, 4.69) is 6.08 Å². The first-order chi connectivity index (χ1) is 10.8. The Hall–Kier alpha value is -2.55. The fraction of sp³-hybridized carbons (Fsp3) is 0.211. The van der Waals surface area contributed by atoms with Gasteiger partial charge in [0, 0.05) is 5.56 Å². The molecule has 112 valence electrons. The van der Waals surface area contributed by atoms with Crippen LogP contribution in [0.15, 0.2) is 48.0 Å². The predicted molar refractivity (Wildman–Crippen MR) is 86.5 cm³/mol. The maximum atomic E-state index is 11.6. The van der Waals surface area contributed by atoms with Gasteiger partial charge in [0.25, 0.3) is 0 Å². The molecule has 0 aliphatic heterocycles. The molecule has 0 spiro atoms.